The zero-order valence-electron chi connectivity index (χ0n) is 9.49. The molecule has 0 saturated carbocycles. The van der Waals surface area contributed by atoms with Gasteiger partial charge in [-0.15, -0.1) is 0 Å². The Hall–Kier alpha value is -1.68. The van der Waals surface area contributed by atoms with Crippen LogP contribution in [0.1, 0.15) is 15.9 Å². The van der Waals surface area contributed by atoms with Gasteiger partial charge in [-0.05, 0) is 35.9 Å². The number of anilines is 1. The largest absolute Gasteiger partial charge is 0.399 e. The van der Waals surface area contributed by atoms with E-state index in [4.69, 9.17) is 5.73 Å². The normalized spacial score (nSPS) is 10.3. The fraction of sp³-hybridized carbons (Fsp3) is 0.0714. The van der Waals surface area contributed by atoms with Crippen molar-refractivity contribution in [1.29, 1.82) is 0 Å². The summed E-state index contributed by atoms with van der Waals surface area (Å²) in [7, 11) is 0. The highest BCUT2D eigenvalue weighted by atomic mass is 79.9. The predicted molar refractivity (Wildman–Crippen MR) is 73.0 cm³/mol. The average Bonchev–Trinajstić information content (AvgIpc) is 2.34. The van der Waals surface area contributed by atoms with E-state index < -0.39 is 0 Å². The molecule has 0 bridgehead atoms. The van der Waals surface area contributed by atoms with Crippen LogP contribution in [0, 0.1) is 5.82 Å². The number of hydrogen-bond acceptors (Lipinski definition) is 2. The van der Waals surface area contributed by atoms with Crippen molar-refractivity contribution in [3.05, 3.63) is 63.9 Å². The third kappa shape index (κ3) is 2.96. The van der Waals surface area contributed by atoms with Crippen LogP contribution in [0.25, 0.3) is 0 Å². The Morgan fingerprint density at radius 2 is 2.00 bits per heavy atom. The minimum Gasteiger partial charge on any atom is -0.399 e. The Labute approximate surface area is 113 Å². The third-order valence-corrected chi connectivity index (χ3v) is 3.34. The standard InChI is InChI=1S/C14H11BrFNO/c15-13-5-4-11(16)6-10(13)8-14(18)9-2-1-3-12(17)7-9/h1-7H,8,17H2. The lowest BCUT2D eigenvalue weighted by atomic mass is 10.0. The van der Waals surface area contributed by atoms with E-state index in [0.717, 1.165) is 4.47 Å². The van der Waals surface area contributed by atoms with Crippen molar-refractivity contribution >= 4 is 27.4 Å². The van der Waals surface area contributed by atoms with Gasteiger partial charge in [0.2, 0.25) is 0 Å². The molecule has 0 fully saturated rings. The summed E-state index contributed by atoms with van der Waals surface area (Å²) < 4.78 is 13.8. The van der Waals surface area contributed by atoms with Crippen LogP contribution in [0.3, 0.4) is 0 Å². The van der Waals surface area contributed by atoms with Gasteiger partial charge in [0.1, 0.15) is 5.82 Å². The molecule has 18 heavy (non-hydrogen) atoms. The van der Waals surface area contributed by atoms with E-state index in [0.29, 0.717) is 16.8 Å². The number of hydrogen-bond donors (Lipinski definition) is 1. The van der Waals surface area contributed by atoms with Crippen LogP contribution >= 0.6 is 15.9 Å². The zero-order chi connectivity index (χ0) is 13.1. The van der Waals surface area contributed by atoms with Gasteiger partial charge in [0.15, 0.2) is 5.78 Å². The summed E-state index contributed by atoms with van der Waals surface area (Å²) in [5.74, 6) is -0.442. The molecule has 2 aromatic rings. The monoisotopic (exact) mass is 307 g/mol. The van der Waals surface area contributed by atoms with E-state index >= 15 is 0 Å². The molecule has 0 aliphatic carbocycles. The second kappa shape index (κ2) is 5.31. The molecule has 0 amide bonds. The lowest BCUT2D eigenvalue weighted by Gasteiger charge is -2.05. The minimum absolute atomic E-state index is 0.0893. The van der Waals surface area contributed by atoms with Crippen molar-refractivity contribution < 1.29 is 9.18 Å². The molecule has 0 aliphatic heterocycles. The highest BCUT2D eigenvalue weighted by molar-refractivity contribution is 9.10. The molecule has 0 saturated heterocycles. The Kier molecular flexibility index (Phi) is 3.77. The molecule has 2 N–H and O–H groups in total. The van der Waals surface area contributed by atoms with Crippen LogP contribution in [0.15, 0.2) is 46.9 Å². The molecule has 0 atom stereocenters. The highest BCUT2D eigenvalue weighted by Crippen LogP contribution is 2.20. The first-order valence-electron chi connectivity index (χ1n) is 5.39. The number of carbonyl (C=O) groups excluding carboxylic acids is 1. The molecule has 0 heterocycles. The number of benzene rings is 2. The third-order valence-electron chi connectivity index (χ3n) is 2.57. The summed E-state index contributed by atoms with van der Waals surface area (Å²) in [6.45, 7) is 0. The number of halogens is 2. The summed E-state index contributed by atoms with van der Waals surface area (Å²) in [6.07, 6.45) is 0.141. The quantitative estimate of drug-likeness (QED) is 0.695. The smallest absolute Gasteiger partial charge is 0.167 e. The summed E-state index contributed by atoms with van der Waals surface area (Å²) in [6, 6.07) is 11.1. The number of rotatable bonds is 3. The molecule has 0 unspecified atom stereocenters. The maximum atomic E-state index is 13.1. The maximum absolute atomic E-state index is 13.1. The highest BCUT2D eigenvalue weighted by Gasteiger charge is 2.10. The molecule has 0 radical (unpaired) electrons. The fourth-order valence-electron chi connectivity index (χ4n) is 1.67. The first kappa shape index (κ1) is 12.8. The number of ketones is 1. The van der Waals surface area contributed by atoms with Gasteiger partial charge < -0.3 is 5.73 Å². The SMILES string of the molecule is Nc1cccc(C(=O)Cc2cc(F)ccc2Br)c1. The zero-order valence-corrected chi connectivity index (χ0v) is 11.1. The van der Waals surface area contributed by atoms with Gasteiger partial charge in [-0.1, -0.05) is 28.1 Å². The predicted octanol–water partition coefficient (Wildman–Crippen LogP) is 3.60. The Morgan fingerprint density at radius 1 is 1.22 bits per heavy atom. The summed E-state index contributed by atoms with van der Waals surface area (Å²) in [5.41, 5.74) is 7.32. The van der Waals surface area contributed by atoms with Crippen LogP contribution in [-0.4, -0.2) is 5.78 Å². The Bertz CT molecular complexity index is 598. The van der Waals surface area contributed by atoms with Crippen molar-refractivity contribution in [3.63, 3.8) is 0 Å². The topological polar surface area (TPSA) is 43.1 Å². The van der Waals surface area contributed by atoms with E-state index in [1.807, 2.05) is 0 Å². The first-order valence-corrected chi connectivity index (χ1v) is 6.18. The molecule has 0 aliphatic rings. The van der Waals surface area contributed by atoms with Crippen LogP contribution in [0.4, 0.5) is 10.1 Å². The van der Waals surface area contributed by atoms with E-state index in [2.05, 4.69) is 15.9 Å². The van der Waals surface area contributed by atoms with Gasteiger partial charge in [-0.25, -0.2) is 4.39 Å². The summed E-state index contributed by atoms with van der Waals surface area (Å²) >= 11 is 3.30. The van der Waals surface area contributed by atoms with Gasteiger partial charge in [0, 0.05) is 22.1 Å². The average molecular weight is 308 g/mol. The van der Waals surface area contributed by atoms with Gasteiger partial charge in [-0.2, -0.15) is 0 Å². The van der Waals surface area contributed by atoms with Gasteiger partial charge in [0.05, 0.1) is 0 Å². The molecular weight excluding hydrogens is 297 g/mol. The van der Waals surface area contributed by atoms with E-state index in [-0.39, 0.29) is 18.0 Å². The summed E-state index contributed by atoms with van der Waals surface area (Å²) in [5, 5.41) is 0. The lowest BCUT2D eigenvalue weighted by Crippen LogP contribution is -2.05. The molecule has 0 aromatic heterocycles. The van der Waals surface area contributed by atoms with Crippen LogP contribution in [0.2, 0.25) is 0 Å². The van der Waals surface area contributed by atoms with Crippen molar-refractivity contribution in [1.82, 2.24) is 0 Å². The number of nitrogens with two attached hydrogens (primary N) is 1. The van der Waals surface area contributed by atoms with E-state index in [9.17, 15) is 9.18 Å². The molecular formula is C14H11BrFNO. The van der Waals surface area contributed by atoms with Crippen LogP contribution in [0.5, 0.6) is 0 Å². The van der Waals surface area contributed by atoms with Gasteiger partial charge in [0.25, 0.3) is 0 Å². The van der Waals surface area contributed by atoms with Crippen LogP contribution < -0.4 is 5.73 Å². The molecule has 4 heteroatoms. The number of nitrogen functional groups attached to an aromatic ring is 1. The number of Topliss-reactive ketones (excluding diaryl/α,β-unsaturated/α-hetero) is 1. The Morgan fingerprint density at radius 3 is 2.72 bits per heavy atom. The van der Waals surface area contributed by atoms with Crippen molar-refractivity contribution in [3.8, 4) is 0 Å². The van der Waals surface area contributed by atoms with Crippen molar-refractivity contribution in [2.45, 2.75) is 6.42 Å². The minimum atomic E-state index is -0.353. The maximum Gasteiger partial charge on any atom is 0.167 e. The lowest BCUT2D eigenvalue weighted by molar-refractivity contribution is 0.0993. The van der Waals surface area contributed by atoms with Gasteiger partial charge in [-0.3, -0.25) is 4.79 Å². The fourth-order valence-corrected chi connectivity index (χ4v) is 2.05. The molecule has 92 valence electrons. The molecule has 2 rings (SSSR count). The molecule has 0 spiro atoms. The number of carbonyl (C=O) groups is 1. The molecule has 2 nitrogen and oxygen atoms in total. The first-order chi connectivity index (χ1) is 8.56. The van der Waals surface area contributed by atoms with Crippen LogP contribution in [-0.2, 0) is 6.42 Å². The second-order valence-corrected chi connectivity index (χ2v) is 4.82. The van der Waals surface area contributed by atoms with Crippen molar-refractivity contribution in [2.24, 2.45) is 0 Å². The summed E-state index contributed by atoms with van der Waals surface area (Å²) in [4.78, 5) is 12.0. The van der Waals surface area contributed by atoms with E-state index in [1.54, 1.807) is 30.3 Å². The second-order valence-electron chi connectivity index (χ2n) is 3.96. The molecule has 2 aromatic carbocycles. The van der Waals surface area contributed by atoms with Gasteiger partial charge >= 0.3 is 0 Å². The van der Waals surface area contributed by atoms with E-state index in [1.165, 1.54) is 12.1 Å². The Balaban J connectivity index is 2.24. The van der Waals surface area contributed by atoms with Crippen molar-refractivity contribution in [2.75, 3.05) is 5.73 Å².